The second-order valence-electron chi connectivity index (χ2n) is 5.48. The fourth-order valence-corrected chi connectivity index (χ4v) is 3.15. The highest BCUT2D eigenvalue weighted by atomic mass is 35.5. The summed E-state index contributed by atoms with van der Waals surface area (Å²) in [7, 11) is 0. The van der Waals surface area contributed by atoms with E-state index in [1.807, 2.05) is 12.1 Å². The van der Waals surface area contributed by atoms with Gasteiger partial charge in [-0.15, -0.1) is 12.4 Å². The first kappa shape index (κ1) is 16.3. The smallest absolute Gasteiger partial charge is 0.133 e. The molecule has 0 amide bonds. The van der Waals surface area contributed by atoms with Gasteiger partial charge in [-0.05, 0) is 24.5 Å². The number of nitrogens with one attached hydrogen (secondary N) is 1. The number of hydrogen-bond acceptors (Lipinski definition) is 2. The Morgan fingerprint density at radius 2 is 2.00 bits per heavy atom. The van der Waals surface area contributed by atoms with E-state index in [9.17, 15) is 0 Å². The monoisotopic (exact) mass is 322 g/mol. The summed E-state index contributed by atoms with van der Waals surface area (Å²) in [6.45, 7) is 3.03. The van der Waals surface area contributed by atoms with Crippen LogP contribution in [0, 0.1) is 0 Å². The Morgan fingerprint density at radius 1 is 1.24 bits per heavy atom. The zero-order valence-corrected chi connectivity index (χ0v) is 13.6. The Morgan fingerprint density at radius 3 is 2.67 bits per heavy atom. The molecule has 1 saturated carbocycles. The van der Waals surface area contributed by atoms with Gasteiger partial charge in [-0.2, -0.15) is 0 Å². The number of pyridine rings is 1. The van der Waals surface area contributed by atoms with E-state index in [0.717, 1.165) is 18.5 Å². The van der Waals surface area contributed by atoms with E-state index in [1.54, 1.807) is 6.20 Å². The molecule has 0 spiro atoms. The minimum absolute atomic E-state index is 0. The average molecular weight is 323 g/mol. The van der Waals surface area contributed by atoms with Gasteiger partial charge in [0.2, 0.25) is 0 Å². The lowest BCUT2D eigenvalue weighted by Gasteiger charge is -2.18. The molecule has 3 rings (SSSR count). The third-order valence-electron chi connectivity index (χ3n) is 4.38. The van der Waals surface area contributed by atoms with Crippen molar-refractivity contribution in [3.05, 3.63) is 64.9 Å². The number of aromatic nitrogens is 1. The van der Waals surface area contributed by atoms with Crippen molar-refractivity contribution in [3.8, 4) is 0 Å². The number of hydrogen-bond donors (Lipinski definition) is 1. The van der Waals surface area contributed by atoms with Crippen molar-refractivity contribution >= 4 is 24.0 Å². The Balaban J connectivity index is 0.00000161. The average Bonchev–Trinajstić information content (AvgIpc) is 3.23. The maximum absolute atomic E-state index is 6.12. The molecule has 21 heavy (non-hydrogen) atoms. The van der Waals surface area contributed by atoms with E-state index in [2.05, 4.69) is 47.6 Å². The largest absolute Gasteiger partial charge is 0.306 e. The predicted molar refractivity (Wildman–Crippen MR) is 90.2 cm³/mol. The maximum atomic E-state index is 6.12. The first-order valence-corrected chi connectivity index (χ1v) is 7.52. The summed E-state index contributed by atoms with van der Waals surface area (Å²) in [6, 6.07) is 14.7. The summed E-state index contributed by atoms with van der Waals surface area (Å²) < 4.78 is 0. The van der Waals surface area contributed by atoms with Crippen molar-refractivity contribution in [2.24, 2.45) is 0 Å². The second-order valence-corrected chi connectivity index (χ2v) is 5.84. The Kier molecular flexibility index (Phi) is 5.26. The van der Waals surface area contributed by atoms with Crippen LogP contribution >= 0.6 is 24.0 Å². The summed E-state index contributed by atoms with van der Waals surface area (Å²) in [5.74, 6) is 0.615. The summed E-state index contributed by atoms with van der Waals surface area (Å²) in [6.07, 6.45) is 4.06. The molecule has 0 aliphatic heterocycles. The van der Waals surface area contributed by atoms with Crippen molar-refractivity contribution in [2.45, 2.75) is 37.8 Å². The summed E-state index contributed by atoms with van der Waals surface area (Å²) in [4.78, 5) is 4.13. The van der Waals surface area contributed by atoms with E-state index in [0.29, 0.717) is 11.1 Å². The topological polar surface area (TPSA) is 24.9 Å². The van der Waals surface area contributed by atoms with Gasteiger partial charge in [0.1, 0.15) is 5.15 Å². The van der Waals surface area contributed by atoms with Crippen LogP contribution in [-0.2, 0) is 6.54 Å². The lowest BCUT2D eigenvalue weighted by Crippen LogP contribution is -2.32. The number of benzene rings is 1. The maximum Gasteiger partial charge on any atom is 0.133 e. The van der Waals surface area contributed by atoms with Gasteiger partial charge in [-0.3, -0.25) is 0 Å². The van der Waals surface area contributed by atoms with Gasteiger partial charge in [0, 0.05) is 29.8 Å². The van der Waals surface area contributed by atoms with Crippen molar-refractivity contribution in [3.63, 3.8) is 0 Å². The minimum atomic E-state index is 0. The van der Waals surface area contributed by atoms with E-state index < -0.39 is 0 Å². The summed E-state index contributed by atoms with van der Waals surface area (Å²) >= 11 is 6.12. The van der Waals surface area contributed by atoms with Gasteiger partial charge in [-0.25, -0.2) is 4.98 Å². The molecule has 1 aliphatic carbocycles. The number of nitrogens with zero attached hydrogens (tertiary/aromatic N) is 1. The molecule has 1 aromatic heterocycles. The van der Waals surface area contributed by atoms with Crippen LogP contribution in [0.2, 0.25) is 5.15 Å². The van der Waals surface area contributed by atoms with Gasteiger partial charge in [-0.1, -0.05) is 54.9 Å². The lowest BCUT2D eigenvalue weighted by molar-refractivity contribution is 0.467. The molecule has 1 aliphatic rings. The van der Waals surface area contributed by atoms with Crippen molar-refractivity contribution in [1.29, 1.82) is 0 Å². The zero-order chi connectivity index (χ0) is 14.0. The Bertz CT molecular complexity index is 588. The van der Waals surface area contributed by atoms with E-state index in [-0.39, 0.29) is 17.9 Å². The van der Waals surface area contributed by atoms with Crippen LogP contribution in [0.4, 0.5) is 0 Å². The fourth-order valence-electron chi connectivity index (χ4n) is 2.96. The van der Waals surface area contributed by atoms with Crippen LogP contribution in [-0.4, -0.2) is 10.5 Å². The molecule has 1 fully saturated rings. The van der Waals surface area contributed by atoms with Gasteiger partial charge in [0.25, 0.3) is 0 Å². The molecule has 1 heterocycles. The standard InChI is InChI=1S/C17H19ClN2.ClH/c1-2-17(11-15(17)13-7-4-3-5-8-13)20-12-14-9-6-10-19-16(14)18;/h3-10,15,20H,2,11-12H2,1H3;1H. The molecular weight excluding hydrogens is 303 g/mol. The number of halogens is 2. The third kappa shape index (κ3) is 3.39. The quantitative estimate of drug-likeness (QED) is 0.815. The molecule has 2 nitrogen and oxygen atoms in total. The van der Waals surface area contributed by atoms with E-state index in [4.69, 9.17) is 11.6 Å². The van der Waals surface area contributed by atoms with E-state index in [1.165, 1.54) is 12.0 Å². The van der Waals surface area contributed by atoms with Gasteiger partial charge < -0.3 is 5.32 Å². The highest BCUT2D eigenvalue weighted by Gasteiger charge is 2.52. The first-order valence-electron chi connectivity index (χ1n) is 7.14. The van der Waals surface area contributed by atoms with Crippen molar-refractivity contribution in [1.82, 2.24) is 10.3 Å². The molecule has 0 radical (unpaired) electrons. The van der Waals surface area contributed by atoms with Crippen LogP contribution in [0.5, 0.6) is 0 Å². The molecule has 0 bridgehead atoms. The third-order valence-corrected chi connectivity index (χ3v) is 4.72. The Labute approximate surface area is 137 Å². The lowest BCUT2D eigenvalue weighted by atomic mass is 10.0. The molecule has 2 unspecified atom stereocenters. The van der Waals surface area contributed by atoms with Crippen molar-refractivity contribution in [2.75, 3.05) is 0 Å². The molecule has 1 aromatic carbocycles. The van der Waals surface area contributed by atoms with Gasteiger partial charge in [0.15, 0.2) is 0 Å². The minimum Gasteiger partial charge on any atom is -0.306 e. The predicted octanol–water partition coefficient (Wildman–Crippen LogP) is 4.58. The molecule has 2 aromatic rings. The molecule has 1 N–H and O–H groups in total. The molecule has 2 atom stereocenters. The van der Waals surface area contributed by atoms with Crippen LogP contribution in [0.15, 0.2) is 48.7 Å². The van der Waals surface area contributed by atoms with Crippen molar-refractivity contribution < 1.29 is 0 Å². The Hall–Kier alpha value is -1.09. The summed E-state index contributed by atoms with van der Waals surface area (Å²) in [5.41, 5.74) is 2.72. The highest BCUT2D eigenvalue weighted by molar-refractivity contribution is 6.30. The van der Waals surface area contributed by atoms with Crippen LogP contribution in [0.25, 0.3) is 0 Å². The molecule has 112 valence electrons. The molecular formula is C17H20Cl2N2. The van der Waals surface area contributed by atoms with Crippen LogP contribution < -0.4 is 5.32 Å². The normalized spacial score (nSPS) is 23.4. The molecule has 4 heteroatoms. The highest BCUT2D eigenvalue weighted by Crippen LogP contribution is 2.53. The zero-order valence-electron chi connectivity index (χ0n) is 12.1. The van der Waals surface area contributed by atoms with E-state index >= 15 is 0 Å². The first-order chi connectivity index (χ1) is 9.75. The van der Waals surface area contributed by atoms with Gasteiger partial charge in [0.05, 0.1) is 0 Å². The summed E-state index contributed by atoms with van der Waals surface area (Å²) in [5, 5.41) is 4.30. The number of rotatable bonds is 5. The fraction of sp³-hybridized carbons (Fsp3) is 0.353. The van der Waals surface area contributed by atoms with Crippen LogP contribution in [0.3, 0.4) is 0 Å². The van der Waals surface area contributed by atoms with Gasteiger partial charge >= 0.3 is 0 Å². The second kappa shape index (κ2) is 6.78. The van der Waals surface area contributed by atoms with Crippen LogP contribution in [0.1, 0.15) is 36.8 Å². The SMILES string of the molecule is CCC1(NCc2cccnc2Cl)CC1c1ccccc1.Cl. The molecule has 0 saturated heterocycles.